The van der Waals surface area contributed by atoms with Crippen molar-refractivity contribution >= 4 is 34.5 Å². The number of carbonyl (C=O) groups is 1. The zero-order valence-corrected chi connectivity index (χ0v) is 15.4. The molecule has 0 saturated carbocycles. The molecule has 130 valence electrons. The molecule has 0 fully saturated rings. The van der Waals surface area contributed by atoms with E-state index in [4.69, 9.17) is 11.6 Å². The number of anilines is 1. The molecule has 1 amide bonds. The van der Waals surface area contributed by atoms with Crippen LogP contribution in [0.25, 0.3) is 10.6 Å². The van der Waals surface area contributed by atoms with Crippen LogP contribution in [0.5, 0.6) is 0 Å². The van der Waals surface area contributed by atoms with Gasteiger partial charge in [0.25, 0.3) is 0 Å². The molecule has 7 heteroatoms. The lowest BCUT2D eigenvalue weighted by Crippen LogP contribution is -2.24. The Morgan fingerprint density at radius 2 is 2.16 bits per heavy atom. The maximum absolute atomic E-state index is 12.1. The minimum Gasteiger partial charge on any atom is -0.325 e. The summed E-state index contributed by atoms with van der Waals surface area (Å²) >= 11 is 7.71. The Morgan fingerprint density at radius 3 is 2.92 bits per heavy atom. The molecule has 3 aromatic rings. The number of aromatic amines is 1. The van der Waals surface area contributed by atoms with Gasteiger partial charge in [-0.1, -0.05) is 29.8 Å². The second-order valence-electron chi connectivity index (χ2n) is 5.77. The number of nitrogens with zero attached hydrogens (tertiary/aromatic N) is 2. The van der Waals surface area contributed by atoms with Crippen molar-refractivity contribution in [2.24, 2.45) is 0 Å². The summed E-state index contributed by atoms with van der Waals surface area (Å²) < 4.78 is 0. The molecular weight excluding hydrogens is 356 g/mol. The van der Waals surface area contributed by atoms with Gasteiger partial charge in [0.1, 0.15) is 5.69 Å². The predicted molar refractivity (Wildman–Crippen MR) is 103 cm³/mol. The fourth-order valence-corrected chi connectivity index (χ4v) is 3.30. The van der Waals surface area contributed by atoms with Gasteiger partial charge in [-0.05, 0) is 36.7 Å². The van der Waals surface area contributed by atoms with E-state index in [1.807, 2.05) is 42.8 Å². The van der Waals surface area contributed by atoms with Gasteiger partial charge in [0.05, 0.1) is 15.6 Å². The predicted octanol–water partition coefficient (Wildman–Crippen LogP) is 4.25. The van der Waals surface area contributed by atoms with Crippen molar-refractivity contribution in [1.82, 2.24) is 15.1 Å². The minimum absolute atomic E-state index is 0.0520. The quantitative estimate of drug-likeness (QED) is 0.649. The fourth-order valence-electron chi connectivity index (χ4n) is 2.43. The molecule has 2 heterocycles. The summed E-state index contributed by atoms with van der Waals surface area (Å²) in [5, 5.41) is 12.8. The SMILES string of the molecule is CN(CCC(=O)Nc1ccccc1Cl)Cc1cc(-c2cccs2)n[nH]1. The van der Waals surface area contributed by atoms with E-state index in [1.54, 1.807) is 23.5 Å². The van der Waals surface area contributed by atoms with Gasteiger partial charge in [0.2, 0.25) is 5.91 Å². The van der Waals surface area contributed by atoms with Crippen molar-refractivity contribution in [3.63, 3.8) is 0 Å². The molecule has 3 rings (SSSR count). The summed E-state index contributed by atoms with van der Waals surface area (Å²) in [5.74, 6) is -0.0520. The van der Waals surface area contributed by atoms with E-state index in [1.165, 1.54) is 0 Å². The number of hydrogen-bond acceptors (Lipinski definition) is 4. The first-order chi connectivity index (χ1) is 12.1. The Bertz CT molecular complexity index is 831. The Balaban J connectivity index is 1.47. The van der Waals surface area contributed by atoms with E-state index in [-0.39, 0.29) is 5.91 Å². The van der Waals surface area contributed by atoms with Crippen LogP contribution in [0.15, 0.2) is 47.8 Å². The highest BCUT2D eigenvalue weighted by molar-refractivity contribution is 7.13. The molecule has 0 aliphatic carbocycles. The van der Waals surface area contributed by atoms with E-state index in [0.717, 1.165) is 16.3 Å². The third kappa shape index (κ3) is 4.92. The lowest BCUT2D eigenvalue weighted by atomic mass is 10.3. The van der Waals surface area contributed by atoms with Crippen LogP contribution < -0.4 is 5.32 Å². The Morgan fingerprint density at radius 1 is 1.32 bits per heavy atom. The molecule has 0 spiro atoms. The molecule has 0 bridgehead atoms. The first kappa shape index (κ1) is 17.7. The second kappa shape index (κ2) is 8.29. The Kier molecular flexibility index (Phi) is 5.86. The summed E-state index contributed by atoms with van der Waals surface area (Å²) in [6.45, 7) is 1.35. The summed E-state index contributed by atoms with van der Waals surface area (Å²) in [6.07, 6.45) is 0.396. The first-order valence-electron chi connectivity index (χ1n) is 7.93. The molecule has 0 aliphatic rings. The third-order valence-electron chi connectivity index (χ3n) is 3.71. The zero-order chi connectivity index (χ0) is 17.6. The number of H-pyrrole nitrogens is 1. The number of rotatable bonds is 7. The van der Waals surface area contributed by atoms with Crippen LogP contribution in [0.1, 0.15) is 12.1 Å². The highest BCUT2D eigenvalue weighted by atomic mass is 35.5. The standard InChI is InChI=1S/C18H19ClN4OS/c1-23(9-8-18(24)20-15-6-3-2-5-14(15)19)12-13-11-16(22-21-13)17-7-4-10-25-17/h2-7,10-11H,8-9,12H2,1H3,(H,20,24)(H,21,22). The number of thiophene rings is 1. The van der Waals surface area contributed by atoms with Crippen molar-refractivity contribution in [3.8, 4) is 10.6 Å². The van der Waals surface area contributed by atoms with Crippen LogP contribution in [0.2, 0.25) is 5.02 Å². The van der Waals surface area contributed by atoms with Gasteiger partial charge in [-0.15, -0.1) is 11.3 Å². The molecule has 0 atom stereocenters. The molecule has 0 unspecified atom stereocenters. The van der Waals surface area contributed by atoms with E-state index >= 15 is 0 Å². The van der Waals surface area contributed by atoms with Crippen molar-refractivity contribution in [1.29, 1.82) is 0 Å². The topological polar surface area (TPSA) is 61.0 Å². The number of halogens is 1. The molecule has 25 heavy (non-hydrogen) atoms. The van der Waals surface area contributed by atoms with Crippen LogP contribution in [0, 0.1) is 0 Å². The molecule has 1 aromatic carbocycles. The van der Waals surface area contributed by atoms with Crippen LogP contribution >= 0.6 is 22.9 Å². The van der Waals surface area contributed by atoms with Gasteiger partial charge < -0.3 is 10.2 Å². The number of carbonyl (C=O) groups excluding carboxylic acids is 1. The summed E-state index contributed by atoms with van der Waals surface area (Å²) in [6, 6.07) is 13.3. The number of amides is 1. The number of nitrogens with one attached hydrogen (secondary N) is 2. The van der Waals surface area contributed by atoms with Gasteiger partial charge >= 0.3 is 0 Å². The lowest BCUT2D eigenvalue weighted by Gasteiger charge is -2.15. The maximum atomic E-state index is 12.1. The van der Waals surface area contributed by atoms with E-state index < -0.39 is 0 Å². The average molecular weight is 375 g/mol. The van der Waals surface area contributed by atoms with Crippen LogP contribution in [0.4, 0.5) is 5.69 Å². The highest BCUT2D eigenvalue weighted by Crippen LogP contribution is 2.23. The van der Waals surface area contributed by atoms with Crippen molar-refractivity contribution in [2.45, 2.75) is 13.0 Å². The monoisotopic (exact) mass is 374 g/mol. The molecule has 5 nitrogen and oxygen atoms in total. The highest BCUT2D eigenvalue weighted by Gasteiger charge is 2.10. The molecule has 0 radical (unpaired) electrons. The van der Waals surface area contributed by atoms with E-state index in [0.29, 0.717) is 30.2 Å². The number of para-hydroxylation sites is 1. The molecule has 0 aliphatic heterocycles. The Labute approximate surface area is 155 Å². The average Bonchev–Trinajstić information content (AvgIpc) is 3.26. The van der Waals surface area contributed by atoms with E-state index in [9.17, 15) is 4.79 Å². The number of aromatic nitrogens is 2. The van der Waals surface area contributed by atoms with Gasteiger partial charge in [-0.3, -0.25) is 9.89 Å². The van der Waals surface area contributed by atoms with Gasteiger partial charge in [-0.2, -0.15) is 5.10 Å². The minimum atomic E-state index is -0.0520. The van der Waals surface area contributed by atoms with Crippen LogP contribution in [0.3, 0.4) is 0 Å². The van der Waals surface area contributed by atoms with Crippen LogP contribution in [-0.2, 0) is 11.3 Å². The van der Waals surface area contributed by atoms with Crippen molar-refractivity contribution < 1.29 is 4.79 Å². The first-order valence-corrected chi connectivity index (χ1v) is 9.18. The van der Waals surface area contributed by atoms with Crippen molar-refractivity contribution in [2.75, 3.05) is 18.9 Å². The van der Waals surface area contributed by atoms with Gasteiger partial charge in [0, 0.05) is 25.2 Å². The van der Waals surface area contributed by atoms with Gasteiger partial charge in [0.15, 0.2) is 0 Å². The smallest absolute Gasteiger partial charge is 0.225 e. The summed E-state index contributed by atoms with van der Waals surface area (Å²) in [7, 11) is 1.98. The van der Waals surface area contributed by atoms with Crippen molar-refractivity contribution in [3.05, 3.63) is 58.6 Å². The normalized spacial score (nSPS) is 11.0. The fraction of sp³-hybridized carbons (Fsp3) is 0.222. The lowest BCUT2D eigenvalue weighted by molar-refractivity contribution is -0.116. The molecular formula is C18H19ClN4OS. The molecule has 2 aromatic heterocycles. The zero-order valence-electron chi connectivity index (χ0n) is 13.8. The second-order valence-corrected chi connectivity index (χ2v) is 7.13. The maximum Gasteiger partial charge on any atom is 0.225 e. The van der Waals surface area contributed by atoms with Gasteiger partial charge in [-0.25, -0.2) is 0 Å². The summed E-state index contributed by atoms with van der Waals surface area (Å²) in [4.78, 5) is 15.3. The van der Waals surface area contributed by atoms with E-state index in [2.05, 4.69) is 20.4 Å². The molecule has 0 saturated heterocycles. The van der Waals surface area contributed by atoms with Crippen LogP contribution in [-0.4, -0.2) is 34.6 Å². The molecule has 2 N–H and O–H groups in total. The number of hydrogen-bond donors (Lipinski definition) is 2. The number of benzene rings is 1. The Hall–Kier alpha value is -2.15. The largest absolute Gasteiger partial charge is 0.325 e. The third-order valence-corrected chi connectivity index (χ3v) is 4.94. The summed E-state index contributed by atoms with van der Waals surface area (Å²) in [5.41, 5.74) is 2.62.